The van der Waals surface area contributed by atoms with E-state index in [0.29, 0.717) is 5.82 Å². The summed E-state index contributed by atoms with van der Waals surface area (Å²) in [4.78, 5) is 18.6. The first-order valence-electron chi connectivity index (χ1n) is 6.18. The van der Waals surface area contributed by atoms with Crippen LogP contribution in [0, 0.1) is 6.92 Å². The number of rotatable bonds is 2. The molecule has 3 nitrogen and oxygen atoms in total. The van der Waals surface area contributed by atoms with E-state index in [-0.39, 0.29) is 5.91 Å². The molecule has 0 spiro atoms. The van der Waals surface area contributed by atoms with Gasteiger partial charge in [0, 0.05) is 15.5 Å². The molecular weight excluding hydrogens is 324 g/mol. The predicted molar refractivity (Wildman–Crippen MR) is 81.0 cm³/mol. The van der Waals surface area contributed by atoms with Gasteiger partial charge >= 0.3 is 0 Å². The summed E-state index contributed by atoms with van der Waals surface area (Å²) in [5.74, 6) is 0.569. The van der Waals surface area contributed by atoms with E-state index in [1.165, 1.54) is 16.9 Å². The zero-order chi connectivity index (χ0) is 13.4. The Labute approximate surface area is 124 Å². The number of nitrogens with one attached hydrogen (secondary N) is 1. The van der Waals surface area contributed by atoms with Crippen molar-refractivity contribution in [3.8, 4) is 0 Å². The van der Waals surface area contributed by atoms with Crippen LogP contribution in [0.3, 0.4) is 0 Å². The molecule has 3 rings (SSSR count). The van der Waals surface area contributed by atoms with Crippen molar-refractivity contribution < 1.29 is 4.79 Å². The Hall–Kier alpha value is -1.20. The van der Waals surface area contributed by atoms with Crippen molar-refractivity contribution in [3.05, 3.63) is 43.7 Å². The molecular formula is C14H13BrN2OS. The third-order valence-electron chi connectivity index (χ3n) is 3.25. The molecule has 19 heavy (non-hydrogen) atoms. The lowest BCUT2D eigenvalue weighted by atomic mass is 10.2. The fourth-order valence-electron chi connectivity index (χ4n) is 2.28. The van der Waals surface area contributed by atoms with Crippen molar-refractivity contribution in [3.63, 3.8) is 0 Å². The number of carbonyl (C=O) groups is 1. The quantitative estimate of drug-likeness (QED) is 0.901. The van der Waals surface area contributed by atoms with Crippen LogP contribution in [0.2, 0.25) is 0 Å². The van der Waals surface area contributed by atoms with Crippen LogP contribution in [0.4, 0.5) is 5.82 Å². The lowest BCUT2D eigenvalue weighted by molar-refractivity contribution is 0.103. The van der Waals surface area contributed by atoms with Crippen molar-refractivity contribution >= 4 is 39.0 Å². The van der Waals surface area contributed by atoms with E-state index in [1.54, 1.807) is 17.5 Å². The van der Waals surface area contributed by atoms with E-state index in [4.69, 9.17) is 0 Å². The van der Waals surface area contributed by atoms with E-state index < -0.39 is 0 Å². The molecule has 0 saturated heterocycles. The van der Waals surface area contributed by atoms with Crippen LogP contribution in [0.5, 0.6) is 0 Å². The summed E-state index contributed by atoms with van der Waals surface area (Å²) < 4.78 is 0.915. The van der Waals surface area contributed by atoms with Gasteiger partial charge < -0.3 is 5.32 Å². The first-order valence-corrected chi connectivity index (χ1v) is 7.79. The van der Waals surface area contributed by atoms with Crippen molar-refractivity contribution in [1.82, 2.24) is 4.98 Å². The van der Waals surface area contributed by atoms with Gasteiger partial charge in [0.15, 0.2) is 0 Å². The highest BCUT2D eigenvalue weighted by Gasteiger charge is 2.19. The number of hydrogen-bond acceptors (Lipinski definition) is 3. The minimum Gasteiger partial charge on any atom is -0.306 e. The van der Waals surface area contributed by atoms with Crippen molar-refractivity contribution in [2.45, 2.75) is 26.2 Å². The number of hydrogen-bond donors (Lipinski definition) is 1. The second-order valence-corrected chi connectivity index (χ2v) is 6.74. The van der Waals surface area contributed by atoms with Crippen LogP contribution in [0.25, 0.3) is 0 Å². The molecule has 1 aliphatic rings. The highest BCUT2D eigenvalue weighted by molar-refractivity contribution is 9.10. The maximum atomic E-state index is 12.2. The molecule has 1 aliphatic carbocycles. The van der Waals surface area contributed by atoms with Gasteiger partial charge in [-0.3, -0.25) is 4.79 Å². The van der Waals surface area contributed by atoms with E-state index >= 15 is 0 Å². The lowest BCUT2D eigenvalue weighted by Crippen LogP contribution is -2.12. The topological polar surface area (TPSA) is 42.0 Å². The zero-order valence-electron chi connectivity index (χ0n) is 10.5. The maximum absolute atomic E-state index is 12.2. The number of fused-ring (bicyclic) bond motifs is 1. The number of aromatic nitrogens is 1. The molecule has 0 aliphatic heterocycles. The predicted octanol–water partition coefficient (Wildman–Crippen LogP) is 3.96. The van der Waals surface area contributed by atoms with Gasteiger partial charge in [-0.1, -0.05) is 0 Å². The Balaban J connectivity index is 1.80. The van der Waals surface area contributed by atoms with E-state index in [1.807, 2.05) is 19.1 Å². The summed E-state index contributed by atoms with van der Waals surface area (Å²) in [6, 6.07) is 3.97. The average Bonchev–Trinajstić information content (AvgIpc) is 2.93. The van der Waals surface area contributed by atoms with Gasteiger partial charge in [0.05, 0.1) is 4.88 Å². The van der Waals surface area contributed by atoms with Crippen LogP contribution in [-0.4, -0.2) is 10.9 Å². The van der Waals surface area contributed by atoms with Gasteiger partial charge in [-0.15, -0.1) is 11.3 Å². The second kappa shape index (κ2) is 5.06. The fraction of sp³-hybridized carbons (Fsp3) is 0.286. The first-order chi connectivity index (χ1) is 9.13. The molecule has 1 N–H and O–H groups in total. The Kier molecular flexibility index (Phi) is 3.41. The van der Waals surface area contributed by atoms with E-state index in [2.05, 4.69) is 26.2 Å². The molecule has 2 aromatic heterocycles. The van der Waals surface area contributed by atoms with Crippen molar-refractivity contribution in [1.29, 1.82) is 0 Å². The summed E-state index contributed by atoms with van der Waals surface area (Å²) in [7, 11) is 0. The van der Waals surface area contributed by atoms with Crippen LogP contribution in [0.15, 0.2) is 22.8 Å². The molecule has 2 heterocycles. The molecule has 2 aromatic rings. The smallest absolute Gasteiger partial charge is 0.266 e. The number of aryl methyl sites for hydroxylation is 3. The Morgan fingerprint density at radius 1 is 1.42 bits per heavy atom. The molecule has 0 unspecified atom stereocenters. The van der Waals surface area contributed by atoms with Gasteiger partial charge in [0.1, 0.15) is 5.82 Å². The van der Waals surface area contributed by atoms with Crippen molar-refractivity contribution in [2.75, 3.05) is 5.32 Å². The monoisotopic (exact) mass is 336 g/mol. The Morgan fingerprint density at radius 2 is 2.26 bits per heavy atom. The average molecular weight is 337 g/mol. The Bertz CT molecular complexity index is 629. The number of anilines is 1. The highest BCUT2D eigenvalue weighted by Crippen LogP contribution is 2.31. The van der Waals surface area contributed by atoms with Crippen LogP contribution >= 0.6 is 27.3 Å². The Morgan fingerprint density at radius 3 is 3.00 bits per heavy atom. The molecule has 0 fully saturated rings. The van der Waals surface area contributed by atoms with Gasteiger partial charge in [-0.25, -0.2) is 4.98 Å². The largest absolute Gasteiger partial charge is 0.306 e. The third-order valence-corrected chi connectivity index (χ3v) is 4.92. The summed E-state index contributed by atoms with van der Waals surface area (Å²) >= 11 is 4.97. The molecule has 0 radical (unpaired) electrons. The van der Waals surface area contributed by atoms with E-state index in [0.717, 1.165) is 27.8 Å². The second-order valence-electron chi connectivity index (χ2n) is 4.69. The minimum atomic E-state index is -0.0580. The van der Waals surface area contributed by atoms with E-state index in [9.17, 15) is 4.79 Å². The summed E-state index contributed by atoms with van der Waals surface area (Å²) in [6.07, 6.45) is 5.13. The highest BCUT2D eigenvalue weighted by atomic mass is 79.9. The first kappa shape index (κ1) is 12.8. The van der Waals surface area contributed by atoms with Gasteiger partial charge in [0.2, 0.25) is 0 Å². The normalized spacial score (nSPS) is 13.4. The van der Waals surface area contributed by atoms with Gasteiger partial charge in [-0.2, -0.15) is 0 Å². The molecule has 0 bridgehead atoms. The molecule has 0 saturated carbocycles. The fourth-order valence-corrected chi connectivity index (χ4v) is 3.88. The van der Waals surface area contributed by atoms with Crippen LogP contribution in [0.1, 0.15) is 32.1 Å². The molecule has 5 heteroatoms. The number of thiophene rings is 1. The zero-order valence-corrected chi connectivity index (χ0v) is 12.9. The van der Waals surface area contributed by atoms with Gasteiger partial charge in [0.25, 0.3) is 5.91 Å². The number of carbonyl (C=O) groups excluding carboxylic acids is 1. The number of halogens is 1. The van der Waals surface area contributed by atoms with Crippen LogP contribution < -0.4 is 5.32 Å². The molecule has 0 atom stereocenters. The number of nitrogens with zero attached hydrogens (tertiary/aromatic N) is 1. The molecule has 98 valence electrons. The summed E-state index contributed by atoms with van der Waals surface area (Å²) in [6.45, 7) is 1.93. The third kappa shape index (κ3) is 2.58. The van der Waals surface area contributed by atoms with Crippen LogP contribution in [-0.2, 0) is 12.8 Å². The molecule has 0 aromatic carbocycles. The maximum Gasteiger partial charge on any atom is 0.266 e. The summed E-state index contributed by atoms with van der Waals surface area (Å²) in [5, 5.41) is 2.88. The minimum absolute atomic E-state index is 0.0580. The number of amides is 1. The SMILES string of the molecule is Cc1cc(Br)cnc1NC(=O)c1cc2c(s1)CCC2. The lowest BCUT2D eigenvalue weighted by Gasteiger charge is -2.06. The number of pyridine rings is 1. The van der Waals surface area contributed by atoms with Crippen molar-refractivity contribution in [2.24, 2.45) is 0 Å². The summed E-state index contributed by atoms with van der Waals surface area (Å²) in [5.41, 5.74) is 2.29. The standard InChI is InChI=1S/C14H13BrN2OS/c1-8-5-10(15)7-16-13(8)17-14(18)12-6-9-3-2-4-11(9)19-12/h5-7H,2-4H2,1H3,(H,16,17,18). The van der Waals surface area contributed by atoms with Gasteiger partial charge in [-0.05, 0) is 65.4 Å². The molecule has 1 amide bonds.